The quantitative estimate of drug-likeness (QED) is 0.747. The summed E-state index contributed by atoms with van der Waals surface area (Å²) in [6, 6.07) is 7.19. The molecule has 7 nitrogen and oxygen atoms in total. The molecule has 2 aliphatic rings. The van der Waals surface area contributed by atoms with Crippen LogP contribution in [0.4, 0.5) is 0 Å². The van der Waals surface area contributed by atoms with E-state index in [9.17, 15) is 13.2 Å². The minimum Gasteiger partial charge on any atom is -0.490 e. The summed E-state index contributed by atoms with van der Waals surface area (Å²) >= 11 is 0. The van der Waals surface area contributed by atoms with E-state index in [1.807, 2.05) is 12.1 Å². The van der Waals surface area contributed by atoms with Crippen LogP contribution in [0.25, 0.3) is 0 Å². The Kier molecular flexibility index (Phi) is 6.50. The number of sulfone groups is 1. The summed E-state index contributed by atoms with van der Waals surface area (Å²) < 4.78 is 34.2. The Morgan fingerprint density at radius 3 is 2.77 bits per heavy atom. The predicted octanol–water partition coefficient (Wildman–Crippen LogP) is 0.705. The molecule has 2 aliphatic heterocycles. The molecule has 0 aromatic heterocycles. The van der Waals surface area contributed by atoms with Gasteiger partial charge in [0.2, 0.25) is 0 Å². The molecule has 1 unspecified atom stereocenters. The number of rotatable bonds is 7. The molecule has 0 saturated carbocycles. The van der Waals surface area contributed by atoms with Gasteiger partial charge in [-0.25, -0.2) is 8.42 Å². The first-order valence-electron chi connectivity index (χ1n) is 9.08. The van der Waals surface area contributed by atoms with Crippen LogP contribution in [0.15, 0.2) is 24.3 Å². The van der Waals surface area contributed by atoms with E-state index >= 15 is 0 Å². The topological polar surface area (TPSA) is 84.9 Å². The van der Waals surface area contributed by atoms with E-state index in [1.165, 1.54) is 0 Å². The number of carbonyl (C=O) groups excluding carboxylic acids is 1. The average Bonchev–Trinajstić information content (AvgIpc) is 3.15. The van der Waals surface area contributed by atoms with Gasteiger partial charge in [0.15, 0.2) is 9.84 Å². The van der Waals surface area contributed by atoms with Crippen molar-refractivity contribution in [1.82, 2.24) is 10.2 Å². The SMILES string of the molecule is O=C(NCCN1CCS(=O)(=O)CC1)c1ccccc1OCC1CCCO1. The van der Waals surface area contributed by atoms with Crippen LogP contribution in [-0.2, 0) is 14.6 Å². The summed E-state index contributed by atoms with van der Waals surface area (Å²) in [5.41, 5.74) is 0.506. The van der Waals surface area contributed by atoms with Crippen molar-refractivity contribution in [3.63, 3.8) is 0 Å². The molecule has 1 amide bonds. The Balaban J connectivity index is 1.46. The summed E-state index contributed by atoms with van der Waals surface area (Å²) in [4.78, 5) is 14.5. The number of benzene rings is 1. The van der Waals surface area contributed by atoms with Gasteiger partial charge in [0.1, 0.15) is 12.4 Å². The van der Waals surface area contributed by atoms with Crippen molar-refractivity contribution in [2.24, 2.45) is 0 Å². The molecule has 1 atom stereocenters. The zero-order chi connectivity index (χ0) is 18.4. The molecule has 26 heavy (non-hydrogen) atoms. The number of nitrogens with one attached hydrogen (secondary N) is 1. The fraction of sp³-hybridized carbons (Fsp3) is 0.611. The molecule has 8 heteroatoms. The molecule has 0 aliphatic carbocycles. The molecule has 1 aromatic rings. The number of hydrogen-bond acceptors (Lipinski definition) is 6. The lowest BCUT2D eigenvalue weighted by Gasteiger charge is -2.26. The second kappa shape index (κ2) is 8.83. The van der Waals surface area contributed by atoms with E-state index in [4.69, 9.17) is 9.47 Å². The summed E-state index contributed by atoms with van der Waals surface area (Å²) in [5.74, 6) is 0.768. The summed E-state index contributed by atoms with van der Waals surface area (Å²) in [6.07, 6.45) is 2.13. The van der Waals surface area contributed by atoms with Gasteiger partial charge < -0.3 is 14.8 Å². The van der Waals surface area contributed by atoms with Crippen molar-refractivity contribution in [2.45, 2.75) is 18.9 Å². The van der Waals surface area contributed by atoms with Crippen LogP contribution in [0.3, 0.4) is 0 Å². The summed E-state index contributed by atoms with van der Waals surface area (Å²) in [5, 5.41) is 2.89. The van der Waals surface area contributed by atoms with E-state index < -0.39 is 9.84 Å². The van der Waals surface area contributed by atoms with Crippen LogP contribution >= 0.6 is 0 Å². The van der Waals surface area contributed by atoms with Crippen LogP contribution in [0.1, 0.15) is 23.2 Å². The van der Waals surface area contributed by atoms with Crippen molar-refractivity contribution in [3.05, 3.63) is 29.8 Å². The number of nitrogens with zero attached hydrogens (tertiary/aromatic N) is 1. The second-order valence-electron chi connectivity index (χ2n) is 6.69. The predicted molar refractivity (Wildman–Crippen MR) is 98.3 cm³/mol. The van der Waals surface area contributed by atoms with Gasteiger partial charge in [0.25, 0.3) is 5.91 Å². The summed E-state index contributed by atoms with van der Waals surface area (Å²) in [6.45, 7) is 3.39. The van der Waals surface area contributed by atoms with Gasteiger partial charge in [0.05, 0.1) is 23.2 Å². The fourth-order valence-electron chi connectivity index (χ4n) is 3.14. The lowest BCUT2D eigenvalue weighted by molar-refractivity contribution is 0.0670. The Morgan fingerprint density at radius 2 is 2.04 bits per heavy atom. The van der Waals surface area contributed by atoms with Gasteiger partial charge in [0, 0.05) is 32.8 Å². The molecular formula is C18H26N2O5S. The molecule has 2 heterocycles. The smallest absolute Gasteiger partial charge is 0.255 e. The van der Waals surface area contributed by atoms with E-state index in [0.717, 1.165) is 19.4 Å². The van der Waals surface area contributed by atoms with Crippen molar-refractivity contribution in [1.29, 1.82) is 0 Å². The zero-order valence-corrected chi connectivity index (χ0v) is 15.7. The van der Waals surface area contributed by atoms with Gasteiger partial charge in [-0.2, -0.15) is 0 Å². The van der Waals surface area contributed by atoms with Crippen molar-refractivity contribution >= 4 is 15.7 Å². The molecule has 2 fully saturated rings. The zero-order valence-electron chi connectivity index (χ0n) is 14.9. The molecule has 0 bridgehead atoms. The van der Waals surface area contributed by atoms with E-state index in [1.54, 1.807) is 12.1 Å². The van der Waals surface area contributed by atoms with Gasteiger partial charge in [-0.05, 0) is 25.0 Å². The van der Waals surface area contributed by atoms with Crippen LogP contribution in [0.5, 0.6) is 5.75 Å². The lowest BCUT2D eigenvalue weighted by atomic mass is 10.2. The molecule has 3 rings (SSSR count). The maximum atomic E-state index is 12.5. The molecule has 1 N–H and O–H groups in total. The molecule has 144 valence electrons. The Morgan fingerprint density at radius 1 is 1.27 bits per heavy atom. The van der Waals surface area contributed by atoms with Crippen LogP contribution in [0.2, 0.25) is 0 Å². The Labute approximate surface area is 154 Å². The number of ether oxygens (including phenoxy) is 2. The molecule has 0 radical (unpaired) electrons. The summed E-state index contributed by atoms with van der Waals surface area (Å²) in [7, 11) is -2.87. The minimum atomic E-state index is -2.87. The molecular weight excluding hydrogens is 356 g/mol. The van der Waals surface area contributed by atoms with Gasteiger partial charge in [-0.3, -0.25) is 9.69 Å². The Bertz CT molecular complexity index is 702. The van der Waals surface area contributed by atoms with E-state index in [-0.39, 0.29) is 23.5 Å². The fourth-order valence-corrected chi connectivity index (χ4v) is 4.41. The van der Waals surface area contributed by atoms with Crippen LogP contribution in [0, 0.1) is 0 Å². The highest BCUT2D eigenvalue weighted by molar-refractivity contribution is 7.91. The maximum absolute atomic E-state index is 12.5. The average molecular weight is 382 g/mol. The first-order chi connectivity index (χ1) is 12.5. The Hall–Kier alpha value is -1.64. The molecule has 2 saturated heterocycles. The monoisotopic (exact) mass is 382 g/mol. The second-order valence-corrected chi connectivity index (χ2v) is 9.00. The molecule has 0 spiro atoms. The van der Waals surface area contributed by atoms with Crippen molar-refractivity contribution < 1.29 is 22.7 Å². The molecule has 1 aromatic carbocycles. The van der Waals surface area contributed by atoms with Gasteiger partial charge in [-0.15, -0.1) is 0 Å². The lowest BCUT2D eigenvalue weighted by Crippen LogP contribution is -2.43. The van der Waals surface area contributed by atoms with E-state index in [0.29, 0.717) is 44.1 Å². The third-order valence-electron chi connectivity index (χ3n) is 4.73. The van der Waals surface area contributed by atoms with Crippen LogP contribution < -0.4 is 10.1 Å². The highest BCUT2D eigenvalue weighted by Gasteiger charge is 2.22. The minimum absolute atomic E-state index is 0.0986. The highest BCUT2D eigenvalue weighted by atomic mass is 32.2. The standard InChI is InChI=1S/C18H26N2O5S/c21-18(19-7-8-20-9-12-26(22,23)13-10-20)16-5-1-2-6-17(16)25-14-15-4-3-11-24-15/h1-2,5-6,15H,3-4,7-14H2,(H,19,21). The number of hydrogen-bond donors (Lipinski definition) is 1. The van der Waals surface area contributed by atoms with Crippen LogP contribution in [-0.4, -0.2) is 76.2 Å². The normalized spacial score (nSPS) is 22.8. The third kappa shape index (κ3) is 5.43. The maximum Gasteiger partial charge on any atom is 0.255 e. The number of amides is 1. The highest BCUT2D eigenvalue weighted by Crippen LogP contribution is 2.20. The first-order valence-corrected chi connectivity index (χ1v) is 10.9. The van der Waals surface area contributed by atoms with Gasteiger partial charge in [-0.1, -0.05) is 12.1 Å². The largest absolute Gasteiger partial charge is 0.490 e. The van der Waals surface area contributed by atoms with Crippen molar-refractivity contribution in [2.75, 3.05) is 50.9 Å². The van der Waals surface area contributed by atoms with Gasteiger partial charge >= 0.3 is 0 Å². The first kappa shape index (κ1) is 19.1. The number of carbonyl (C=O) groups is 1. The van der Waals surface area contributed by atoms with Crippen molar-refractivity contribution in [3.8, 4) is 5.75 Å². The van der Waals surface area contributed by atoms with E-state index in [2.05, 4.69) is 10.2 Å². The third-order valence-corrected chi connectivity index (χ3v) is 6.34. The number of para-hydroxylation sites is 1.